The number of carbonyl (C=O) groups excluding carboxylic acids is 1. The number of nitrogens with zero attached hydrogens (tertiary/aromatic N) is 2. The van der Waals surface area contributed by atoms with Gasteiger partial charge >= 0.3 is 0 Å². The van der Waals surface area contributed by atoms with Gasteiger partial charge in [0.1, 0.15) is 0 Å². The zero-order valence-corrected chi connectivity index (χ0v) is 11.5. The highest BCUT2D eigenvalue weighted by Crippen LogP contribution is 2.35. The van der Waals surface area contributed by atoms with Crippen LogP contribution in [0.15, 0.2) is 24.3 Å². The van der Waals surface area contributed by atoms with Gasteiger partial charge in [-0.05, 0) is 18.6 Å². The fourth-order valence-corrected chi connectivity index (χ4v) is 2.64. The van der Waals surface area contributed by atoms with Crippen molar-refractivity contribution >= 4 is 17.3 Å². The van der Waals surface area contributed by atoms with E-state index in [2.05, 4.69) is 24.9 Å². The van der Waals surface area contributed by atoms with E-state index in [4.69, 9.17) is 0 Å². The van der Waals surface area contributed by atoms with E-state index in [1.54, 1.807) is 6.92 Å². The van der Waals surface area contributed by atoms with Crippen LogP contribution in [0.2, 0.25) is 0 Å². The number of hydrogen-bond acceptors (Lipinski definition) is 2. The predicted octanol–water partition coefficient (Wildman–Crippen LogP) is 3.05. The minimum absolute atomic E-state index is 0.136. The number of rotatable bonds is 3. The Bertz CT molecular complexity index is 430. The van der Waals surface area contributed by atoms with Crippen molar-refractivity contribution in [2.24, 2.45) is 0 Å². The van der Waals surface area contributed by atoms with E-state index < -0.39 is 0 Å². The number of carbonyl (C=O) groups is 1. The number of fused-ring (bicyclic) bond motifs is 1. The molecule has 1 aromatic rings. The van der Waals surface area contributed by atoms with Crippen LogP contribution in [-0.4, -0.2) is 25.5 Å². The Labute approximate surface area is 109 Å². The molecular weight excluding hydrogens is 224 g/mol. The van der Waals surface area contributed by atoms with Crippen molar-refractivity contribution in [2.45, 2.75) is 39.2 Å². The van der Waals surface area contributed by atoms with Gasteiger partial charge in [-0.15, -0.1) is 0 Å². The quantitative estimate of drug-likeness (QED) is 0.818. The lowest BCUT2D eigenvalue weighted by molar-refractivity contribution is -0.116. The SMILES string of the molecule is CCCCC1CN(C(C)=O)c2ccccc2N1C. The van der Waals surface area contributed by atoms with Gasteiger partial charge in [0.2, 0.25) is 5.91 Å². The molecule has 0 saturated carbocycles. The Morgan fingerprint density at radius 2 is 2.00 bits per heavy atom. The Hall–Kier alpha value is -1.51. The number of amides is 1. The highest BCUT2D eigenvalue weighted by Gasteiger charge is 2.29. The maximum absolute atomic E-state index is 11.8. The van der Waals surface area contributed by atoms with Crippen molar-refractivity contribution in [1.29, 1.82) is 0 Å². The molecule has 1 aliphatic rings. The average molecular weight is 246 g/mol. The summed E-state index contributed by atoms with van der Waals surface area (Å²) in [6.07, 6.45) is 3.56. The van der Waals surface area contributed by atoms with E-state index in [9.17, 15) is 4.79 Å². The smallest absolute Gasteiger partial charge is 0.223 e. The van der Waals surface area contributed by atoms with Gasteiger partial charge < -0.3 is 9.80 Å². The van der Waals surface area contributed by atoms with Crippen molar-refractivity contribution in [2.75, 3.05) is 23.4 Å². The van der Waals surface area contributed by atoms with Gasteiger partial charge in [-0.2, -0.15) is 0 Å². The lowest BCUT2D eigenvalue weighted by atomic mass is 10.0. The average Bonchev–Trinajstić information content (AvgIpc) is 2.38. The molecule has 1 aromatic carbocycles. The third kappa shape index (κ3) is 2.35. The van der Waals surface area contributed by atoms with E-state index in [0.717, 1.165) is 18.7 Å². The molecule has 2 rings (SSSR count). The molecule has 1 aliphatic heterocycles. The first-order valence-corrected chi connectivity index (χ1v) is 6.75. The van der Waals surface area contributed by atoms with E-state index in [1.165, 1.54) is 18.5 Å². The molecule has 0 bridgehead atoms. The molecule has 0 fully saturated rings. The second-order valence-corrected chi connectivity index (χ2v) is 5.03. The molecule has 0 saturated heterocycles. The number of hydrogen-bond donors (Lipinski definition) is 0. The summed E-state index contributed by atoms with van der Waals surface area (Å²) < 4.78 is 0. The van der Waals surface area contributed by atoms with E-state index in [-0.39, 0.29) is 5.91 Å². The first kappa shape index (κ1) is 12.9. The lowest BCUT2D eigenvalue weighted by Gasteiger charge is -2.41. The van der Waals surface area contributed by atoms with Gasteiger partial charge in [0.05, 0.1) is 11.4 Å². The number of unbranched alkanes of at least 4 members (excludes halogenated alkanes) is 1. The molecule has 0 aromatic heterocycles. The normalized spacial score (nSPS) is 18.7. The van der Waals surface area contributed by atoms with Crippen LogP contribution in [0.3, 0.4) is 0 Å². The summed E-state index contributed by atoms with van der Waals surface area (Å²) in [5.74, 6) is 0.136. The van der Waals surface area contributed by atoms with Crippen molar-refractivity contribution in [3.8, 4) is 0 Å². The fourth-order valence-electron chi connectivity index (χ4n) is 2.64. The largest absolute Gasteiger partial charge is 0.368 e. The highest BCUT2D eigenvalue weighted by molar-refractivity contribution is 5.96. The van der Waals surface area contributed by atoms with Crippen LogP contribution in [0.4, 0.5) is 11.4 Å². The summed E-state index contributed by atoms with van der Waals surface area (Å²) >= 11 is 0. The number of para-hydroxylation sites is 2. The number of benzene rings is 1. The van der Waals surface area contributed by atoms with Gasteiger partial charge in [0.25, 0.3) is 0 Å². The summed E-state index contributed by atoms with van der Waals surface area (Å²) in [6, 6.07) is 8.60. The van der Waals surface area contributed by atoms with Crippen LogP contribution in [0, 0.1) is 0 Å². The third-order valence-corrected chi connectivity index (χ3v) is 3.76. The lowest BCUT2D eigenvalue weighted by Crippen LogP contribution is -2.48. The Morgan fingerprint density at radius 3 is 2.61 bits per heavy atom. The zero-order chi connectivity index (χ0) is 13.1. The Balaban J connectivity index is 2.30. The van der Waals surface area contributed by atoms with Crippen molar-refractivity contribution in [3.05, 3.63) is 24.3 Å². The fraction of sp³-hybridized carbons (Fsp3) is 0.533. The van der Waals surface area contributed by atoms with E-state index in [0.29, 0.717) is 6.04 Å². The van der Waals surface area contributed by atoms with E-state index >= 15 is 0 Å². The Morgan fingerprint density at radius 1 is 1.33 bits per heavy atom. The van der Waals surface area contributed by atoms with Crippen molar-refractivity contribution in [3.63, 3.8) is 0 Å². The van der Waals surface area contributed by atoms with Gasteiger partial charge in [-0.25, -0.2) is 0 Å². The predicted molar refractivity (Wildman–Crippen MR) is 76.2 cm³/mol. The summed E-state index contributed by atoms with van der Waals surface area (Å²) in [6.45, 7) is 4.67. The minimum Gasteiger partial charge on any atom is -0.368 e. The van der Waals surface area contributed by atoms with Gasteiger partial charge in [0, 0.05) is 26.6 Å². The molecule has 3 heteroatoms. The maximum Gasteiger partial charge on any atom is 0.223 e. The Kier molecular flexibility index (Phi) is 3.90. The molecule has 0 aliphatic carbocycles. The second kappa shape index (κ2) is 5.42. The first-order chi connectivity index (χ1) is 8.65. The van der Waals surface area contributed by atoms with Crippen LogP contribution in [-0.2, 0) is 4.79 Å². The van der Waals surface area contributed by atoms with E-state index in [1.807, 2.05) is 23.1 Å². The topological polar surface area (TPSA) is 23.6 Å². The van der Waals surface area contributed by atoms with Gasteiger partial charge in [0.15, 0.2) is 0 Å². The molecule has 1 atom stereocenters. The van der Waals surface area contributed by atoms with Crippen LogP contribution >= 0.6 is 0 Å². The summed E-state index contributed by atoms with van der Waals surface area (Å²) in [4.78, 5) is 16.0. The third-order valence-electron chi connectivity index (χ3n) is 3.76. The van der Waals surface area contributed by atoms with Crippen LogP contribution < -0.4 is 9.80 Å². The molecule has 0 spiro atoms. The molecule has 18 heavy (non-hydrogen) atoms. The molecule has 0 N–H and O–H groups in total. The second-order valence-electron chi connectivity index (χ2n) is 5.03. The van der Waals surface area contributed by atoms with Crippen LogP contribution in [0.5, 0.6) is 0 Å². The minimum atomic E-state index is 0.136. The van der Waals surface area contributed by atoms with Crippen molar-refractivity contribution in [1.82, 2.24) is 0 Å². The summed E-state index contributed by atoms with van der Waals surface area (Å²) in [5.41, 5.74) is 2.21. The number of anilines is 2. The molecule has 1 unspecified atom stereocenters. The van der Waals surface area contributed by atoms with Gasteiger partial charge in [-0.1, -0.05) is 31.9 Å². The molecular formula is C15H22N2O. The van der Waals surface area contributed by atoms with Crippen molar-refractivity contribution < 1.29 is 4.79 Å². The number of likely N-dealkylation sites (N-methyl/N-ethyl adjacent to an activating group) is 1. The highest BCUT2D eigenvalue weighted by atomic mass is 16.2. The van der Waals surface area contributed by atoms with Crippen LogP contribution in [0.1, 0.15) is 33.1 Å². The standard InChI is InChI=1S/C15H22N2O/c1-4-5-8-13-11-17(12(2)18)15-10-7-6-9-14(15)16(13)3/h6-7,9-10,13H,4-5,8,11H2,1-3H3. The molecule has 1 heterocycles. The molecule has 1 amide bonds. The zero-order valence-electron chi connectivity index (χ0n) is 11.5. The molecule has 98 valence electrons. The van der Waals surface area contributed by atoms with Crippen LogP contribution in [0.25, 0.3) is 0 Å². The monoisotopic (exact) mass is 246 g/mol. The maximum atomic E-state index is 11.8. The molecule has 3 nitrogen and oxygen atoms in total. The summed E-state index contributed by atoms with van der Waals surface area (Å²) in [5, 5.41) is 0. The molecule has 0 radical (unpaired) electrons. The summed E-state index contributed by atoms with van der Waals surface area (Å²) in [7, 11) is 2.14. The van der Waals surface area contributed by atoms with Gasteiger partial charge in [-0.3, -0.25) is 4.79 Å². The first-order valence-electron chi connectivity index (χ1n) is 6.75.